The van der Waals surface area contributed by atoms with Crippen LogP contribution in [0.3, 0.4) is 0 Å². The lowest BCUT2D eigenvalue weighted by Gasteiger charge is -2.17. The average Bonchev–Trinajstić information content (AvgIpc) is 2.05. The Bertz CT molecular complexity index is 404. The predicted molar refractivity (Wildman–Crippen MR) is 46.2 cm³/mol. The van der Waals surface area contributed by atoms with Gasteiger partial charge in [-0.15, -0.1) is 0 Å². The van der Waals surface area contributed by atoms with Crippen molar-refractivity contribution in [2.24, 2.45) is 0 Å². The maximum absolute atomic E-state index is 12.4. The van der Waals surface area contributed by atoms with Crippen molar-refractivity contribution in [1.29, 1.82) is 0 Å². The molecule has 1 aromatic rings. The number of hydrogen-bond donors (Lipinski definition) is 0. The molecule has 0 spiro atoms. The molecule has 0 bridgehead atoms. The normalized spacial score (nSPS) is 13.0. The summed E-state index contributed by atoms with van der Waals surface area (Å²) >= 11 is 5.27. The summed E-state index contributed by atoms with van der Waals surface area (Å²) in [6, 6.07) is 1.28. The largest absolute Gasteiger partial charge is 0.418 e. The third-order valence-electron chi connectivity index (χ3n) is 1.92. The van der Waals surface area contributed by atoms with E-state index in [-0.39, 0.29) is 5.56 Å². The summed E-state index contributed by atoms with van der Waals surface area (Å²) < 4.78 is 74.3. The number of alkyl halides is 6. The van der Waals surface area contributed by atoms with Gasteiger partial charge < -0.3 is 0 Å². The van der Waals surface area contributed by atoms with Crippen molar-refractivity contribution in [3.8, 4) is 0 Å². The van der Waals surface area contributed by atoms with Gasteiger partial charge in [0.1, 0.15) is 0 Å². The minimum atomic E-state index is -5.13. The molecule has 0 fully saturated rings. The molecule has 0 atom stereocenters. The Balaban J connectivity index is 3.59. The molecule has 0 saturated carbocycles. The van der Waals surface area contributed by atoms with E-state index in [1.807, 2.05) is 0 Å². The van der Waals surface area contributed by atoms with Crippen LogP contribution in [-0.2, 0) is 12.4 Å². The Labute approximate surface area is 91.8 Å². The van der Waals surface area contributed by atoms with Gasteiger partial charge >= 0.3 is 12.4 Å². The molecule has 0 aliphatic rings. The molecule has 0 N–H and O–H groups in total. The highest BCUT2D eigenvalue weighted by Gasteiger charge is 2.44. The van der Waals surface area contributed by atoms with Gasteiger partial charge in [0, 0.05) is 0 Å². The Kier molecular flexibility index (Phi) is 3.15. The third kappa shape index (κ3) is 2.42. The van der Waals surface area contributed by atoms with E-state index >= 15 is 0 Å². The smallest absolute Gasteiger partial charge is 0.166 e. The molecular formula is C9H5ClF6. The molecular weight excluding hydrogens is 258 g/mol. The van der Waals surface area contributed by atoms with Gasteiger partial charge in [0.2, 0.25) is 0 Å². The lowest BCUT2D eigenvalue weighted by molar-refractivity contribution is -0.162. The van der Waals surface area contributed by atoms with Crippen LogP contribution in [0, 0.1) is 6.92 Å². The van der Waals surface area contributed by atoms with Crippen molar-refractivity contribution in [1.82, 2.24) is 0 Å². The highest BCUT2D eigenvalue weighted by Crippen LogP contribution is 2.44. The molecule has 1 rings (SSSR count). The van der Waals surface area contributed by atoms with E-state index in [4.69, 9.17) is 11.6 Å². The highest BCUT2D eigenvalue weighted by molar-refractivity contribution is 6.32. The van der Waals surface area contributed by atoms with Gasteiger partial charge in [-0.2, -0.15) is 26.3 Å². The zero-order valence-electron chi connectivity index (χ0n) is 7.80. The van der Waals surface area contributed by atoms with E-state index in [9.17, 15) is 26.3 Å². The standard InChI is InChI=1S/C9H5ClF6/c1-4-2-3-5(8(11,12)13)6(7(4)10)9(14,15)16/h2-3H,1H3. The number of benzene rings is 1. The van der Waals surface area contributed by atoms with Crippen molar-refractivity contribution in [3.63, 3.8) is 0 Å². The summed E-state index contributed by atoms with van der Waals surface area (Å²) in [4.78, 5) is 0. The third-order valence-corrected chi connectivity index (χ3v) is 2.41. The maximum atomic E-state index is 12.4. The SMILES string of the molecule is Cc1ccc(C(F)(F)F)c(C(F)(F)F)c1Cl. The van der Waals surface area contributed by atoms with Crippen LogP contribution in [-0.4, -0.2) is 0 Å². The topological polar surface area (TPSA) is 0 Å². The first-order valence-corrected chi connectivity index (χ1v) is 4.36. The summed E-state index contributed by atoms with van der Waals surface area (Å²) in [6.45, 7) is 1.21. The Morgan fingerprint density at radius 2 is 1.44 bits per heavy atom. The minimum Gasteiger partial charge on any atom is -0.166 e. The van der Waals surface area contributed by atoms with Gasteiger partial charge in [-0.05, 0) is 18.6 Å². The van der Waals surface area contributed by atoms with Crippen LogP contribution >= 0.6 is 11.6 Å². The first-order chi connectivity index (χ1) is 7.05. The highest BCUT2D eigenvalue weighted by atomic mass is 35.5. The molecule has 0 amide bonds. The fourth-order valence-electron chi connectivity index (χ4n) is 1.19. The summed E-state index contributed by atoms with van der Waals surface area (Å²) in [5.74, 6) is 0. The fraction of sp³-hybridized carbons (Fsp3) is 0.333. The van der Waals surface area contributed by atoms with Crippen LogP contribution in [0.2, 0.25) is 5.02 Å². The van der Waals surface area contributed by atoms with Crippen molar-refractivity contribution >= 4 is 11.6 Å². The van der Waals surface area contributed by atoms with E-state index in [0.717, 1.165) is 6.07 Å². The molecule has 7 heteroatoms. The lowest BCUT2D eigenvalue weighted by Crippen LogP contribution is -2.17. The minimum absolute atomic E-state index is 0.0537. The maximum Gasteiger partial charge on any atom is 0.418 e. The molecule has 0 heterocycles. The predicted octanol–water partition coefficient (Wildman–Crippen LogP) is 4.69. The zero-order chi connectivity index (χ0) is 12.7. The van der Waals surface area contributed by atoms with Crippen molar-refractivity contribution in [2.45, 2.75) is 19.3 Å². The number of aryl methyl sites for hydroxylation is 1. The van der Waals surface area contributed by atoms with Crippen LogP contribution in [0.15, 0.2) is 12.1 Å². The van der Waals surface area contributed by atoms with Gasteiger partial charge in [-0.3, -0.25) is 0 Å². The second-order valence-corrected chi connectivity index (χ2v) is 3.49. The molecule has 16 heavy (non-hydrogen) atoms. The van der Waals surface area contributed by atoms with Gasteiger partial charge in [-0.1, -0.05) is 17.7 Å². The van der Waals surface area contributed by atoms with Gasteiger partial charge in [0.15, 0.2) is 0 Å². The van der Waals surface area contributed by atoms with E-state index in [1.54, 1.807) is 0 Å². The van der Waals surface area contributed by atoms with E-state index in [0.29, 0.717) is 6.07 Å². The van der Waals surface area contributed by atoms with E-state index in [1.165, 1.54) is 6.92 Å². The molecule has 0 saturated heterocycles. The summed E-state index contributed by atoms with van der Waals surface area (Å²) in [6.07, 6.45) is -10.2. The van der Waals surface area contributed by atoms with Gasteiger partial charge in [-0.25, -0.2) is 0 Å². The zero-order valence-corrected chi connectivity index (χ0v) is 8.56. The van der Waals surface area contributed by atoms with Crippen LogP contribution in [0.1, 0.15) is 16.7 Å². The summed E-state index contributed by atoms with van der Waals surface area (Å²) in [5, 5.41) is -0.915. The number of hydrogen-bond acceptors (Lipinski definition) is 0. The first kappa shape index (κ1) is 13.2. The number of halogens is 7. The molecule has 90 valence electrons. The van der Waals surface area contributed by atoms with Crippen LogP contribution in [0.25, 0.3) is 0 Å². The number of rotatable bonds is 0. The molecule has 0 aromatic heterocycles. The first-order valence-electron chi connectivity index (χ1n) is 3.98. The second kappa shape index (κ2) is 3.84. The van der Waals surface area contributed by atoms with Crippen LogP contribution in [0.4, 0.5) is 26.3 Å². The molecule has 0 aliphatic carbocycles. The average molecular weight is 263 g/mol. The quantitative estimate of drug-likeness (QED) is 0.595. The van der Waals surface area contributed by atoms with Crippen molar-refractivity contribution < 1.29 is 26.3 Å². The van der Waals surface area contributed by atoms with Crippen LogP contribution in [0.5, 0.6) is 0 Å². The van der Waals surface area contributed by atoms with E-state index < -0.39 is 28.5 Å². The van der Waals surface area contributed by atoms with E-state index in [2.05, 4.69) is 0 Å². The second-order valence-electron chi connectivity index (χ2n) is 3.11. The molecule has 0 nitrogen and oxygen atoms in total. The van der Waals surface area contributed by atoms with Crippen molar-refractivity contribution in [2.75, 3.05) is 0 Å². The molecule has 0 unspecified atom stereocenters. The van der Waals surface area contributed by atoms with Crippen LogP contribution < -0.4 is 0 Å². The van der Waals surface area contributed by atoms with Gasteiger partial charge in [0.25, 0.3) is 0 Å². The summed E-state index contributed by atoms with van der Waals surface area (Å²) in [5.41, 5.74) is -3.65. The Morgan fingerprint density at radius 3 is 1.81 bits per heavy atom. The Hall–Kier alpha value is -0.910. The van der Waals surface area contributed by atoms with Crippen molar-refractivity contribution in [3.05, 3.63) is 33.8 Å². The summed E-state index contributed by atoms with van der Waals surface area (Å²) in [7, 11) is 0. The molecule has 0 radical (unpaired) electrons. The fourth-order valence-corrected chi connectivity index (χ4v) is 1.47. The Morgan fingerprint density at radius 1 is 0.938 bits per heavy atom. The lowest BCUT2D eigenvalue weighted by atomic mass is 10.0. The molecule has 0 aliphatic heterocycles. The van der Waals surface area contributed by atoms with Gasteiger partial charge in [0.05, 0.1) is 16.1 Å². The molecule has 1 aromatic carbocycles. The monoisotopic (exact) mass is 262 g/mol.